The van der Waals surface area contributed by atoms with Gasteiger partial charge in [0.2, 0.25) is 0 Å². The maximum Gasteiger partial charge on any atom is 0.279 e. The highest BCUT2D eigenvalue weighted by Crippen LogP contribution is 2.36. The fourth-order valence-corrected chi connectivity index (χ4v) is 5.86. The van der Waals surface area contributed by atoms with E-state index in [0.717, 1.165) is 11.1 Å². The van der Waals surface area contributed by atoms with Crippen molar-refractivity contribution in [3.63, 3.8) is 0 Å². The molecule has 0 saturated carbocycles. The van der Waals surface area contributed by atoms with Crippen LogP contribution in [0.4, 0.5) is 0 Å². The highest BCUT2D eigenvalue weighted by Gasteiger charge is 2.39. The Morgan fingerprint density at radius 1 is 1.00 bits per heavy atom. The van der Waals surface area contributed by atoms with Gasteiger partial charge in [-0.3, -0.25) is 9.78 Å². The number of carbonyl (C=O) groups excluding carboxylic acids is 1. The molecule has 1 fully saturated rings. The monoisotopic (exact) mass is 508 g/mol. The fraction of sp³-hybridized carbons (Fsp3) is 0.333. The molecule has 0 aliphatic carbocycles. The molecule has 4 rings (SSSR count). The lowest BCUT2D eigenvalue weighted by Crippen LogP contribution is -2.52. The predicted octanol–water partition coefficient (Wildman–Crippen LogP) is 2.93. The van der Waals surface area contributed by atoms with Crippen molar-refractivity contribution >= 4 is 16.1 Å². The van der Waals surface area contributed by atoms with E-state index in [1.807, 2.05) is 48.5 Å². The van der Waals surface area contributed by atoms with Gasteiger partial charge in [-0.2, -0.15) is 12.7 Å². The molecule has 1 saturated heterocycles. The second-order valence-electron chi connectivity index (χ2n) is 8.93. The molecule has 0 radical (unpaired) electrons. The van der Waals surface area contributed by atoms with Crippen molar-refractivity contribution in [2.24, 2.45) is 0 Å². The summed E-state index contributed by atoms with van der Waals surface area (Å²) in [5.74, 6) is 0.304. The minimum absolute atomic E-state index is 0.212. The summed E-state index contributed by atoms with van der Waals surface area (Å²) in [5, 5.41) is 3.08. The molecule has 0 atom stereocenters. The van der Waals surface area contributed by atoms with Gasteiger partial charge in [0.05, 0.1) is 12.7 Å². The van der Waals surface area contributed by atoms with E-state index in [1.165, 1.54) is 4.31 Å². The highest BCUT2D eigenvalue weighted by molar-refractivity contribution is 7.87. The molecule has 36 heavy (non-hydrogen) atoms. The number of nitrogens with zero attached hydrogens (tertiary/aromatic N) is 2. The predicted molar refractivity (Wildman–Crippen MR) is 139 cm³/mol. The van der Waals surface area contributed by atoms with Gasteiger partial charge in [0.15, 0.2) is 0 Å². The number of benzene rings is 2. The van der Waals surface area contributed by atoms with Crippen LogP contribution in [0.15, 0.2) is 79.1 Å². The Labute approximate surface area is 212 Å². The van der Waals surface area contributed by atoms with E-state index >= 15 is 0 Å². The summed E-state index contributed by atoms with van der Waals surface area (Å²) < 4.78 is 35.5. The number of pyridine rings is 1. The zero-order valence-electron chi connectivity index (χ0n) is 20.4. The largest absolute Gasteiger partial charge is 0.496 e. The Hall–Kier alpha value is -3.27. The molecule has 0 spiro atoms. The van der Waals surface area contributed by atoms with Gasteiger partial charge in [-0.15, -0.1) is 0 Å². The average Bonchev–Trinajstić information content (AvgIpc) is 2.93. The molecular formula is C27H32N4O4S. The van der Waals surface area contributed by atoms with Crippen LogP contribution in [0.1, 0.15) is 34.3 Å². The molecular weight excluding hydrogens is 476 g/mol. The van der Waals surface area contributed by atoms with Crippen molar-refractivity contribution in [1.29, 1.82) is 0 Å². The van der Waals surface area contributed by atoms with E-state index in [0.29, 0.717) is 56.8 Å². The number of nitrogens with one attached hydrogen (secondary N) is 2. The van der Waals surface area contributed by atoms with Crippen LogP contribution in [0.25, 0.3) is 0 Å². The van der Waals surface area contributed by atoms with Crippen LogP contribution in [0.2, 0.25) is 0 Å². The number of hydrogen-bond acceptors (Lipinski definition) is 5. The van der Waals surface area contributed by atoms with Crippen LogP contribution in [0.5, 0.6) is 5.75 Å². The summed E-state index contributed by atoms with van der Waals surface area (Å²) in [6.45, 7) is 1.45. The summed E-state index contributed by atoms with van der Waals surface area (Å²) in [5.41, 5.74) is 2.22. The number of rotatable bonds is 10. The molecule has 1 aliphatic rings. The molecule has 1 amide bonds. The van der Waals surface area contributed by atoms with Gasteiger partial charge in [-0.05, 0) is 54.7 Å². The van der Waals surface area contributed by atoms with Crippen molar-refractivity contribution < 1.29 is 17.9 Å². The van der Waals surface area contributed by atoms with Gasteiger partial charge in [0.25, 0.3) is 16.1 Å². The van der Waals surface area contributed by atoms with Crippen molar-refractivity contribution in [3.8, 4) is 5.75 Å². The molecule has 0 unspecified atom stereocenters. The lowest BCUT2D eigenvalue weighted by molar-refractivity contribution is 0.0929. The first-order valence-corrected chi connectivity index (χ1v) is 13.5. The lowest BCUT2D eigenvalue weighted by Gasteiger charge is -2.42. The smallest absolute Gasteiger partial charge is 0.279 e. The topological polar surface area (TPSA) is 101 Å². The Morgan fingerprint density at radius 3 is 2.36 bits per heavy atom. The Morgan fingerprint density at radius 2 is 1.67 bits per heavy atom. The Bertz CT molecular complexity index is 1250. The number of ether oxygens (including phenoxy) is 1. The summed E-state index contributed by atoms with van der Waals surface area (Å²) in [4.78, 5) is 17.0. The zero-order valence-corrected chi connectivity index (χ0v) is 21.2. The summed E-state index contributed by atoms with van der Waals surface area (Å²) in [6, 6.07) is 20.9. The minimum Gasteiger partial charge on any atom is -0.496 e. The van der Waals surface area contributed by atoms with Crippen LogP contribution in [0, 0.1) is 0 Å². The number of carbonyl (C=O) groups is 1. The number of aromatic nitrogens is 1. The van der Waals surface area contributed by atoms with Crippen molar-refractivity contribution in [3.05, 3.63) is 95.8 Å². The third-order valence-corrected chi connectivity index (χ3v) is 8.41. The van der Waals surface area contributed by atoms with Gasteiger partial charge in [0, 0.05) is 44.0 Å². The van der Waals surface area contributed by atoms with E-state index in [1.54, 1.807) is 37.7 Å². The quantitative estimate of drug-likeness (QED) is 0.439. The number of para-hydroxylation sites is 1. The second-order valence-corrected chi connectivity index (χ2v) is 10.7. The first-order valence-electron chi connectivity index (χ1n) is 12.0. The average molecular weight is 509 g/mol. The molecule has 2 heterocycles. The normalized spacial score (nSPS) is 15.8. The van der Waals surface area contributed by atoms with E-state index < -0.39 is 10.2 Å². The molecule has 1 aromatic heterocycles. The molecule has 0 bridgehead atoms. The Kier molecular flexibility index (Phi) is 8.35. The second kappa shape index (κ2) is 11.6. The molecule has 3 aromatic rings. The summed E-state index contributed by atoms with van der Waals surface area (Å²) in [6.07, 6.45) is 5.18. The third kappa shape index (κ3) is 6.10. The van der Waals surface area contributed by atoms with Crippen LogP contribution in [-0.2, 0) is 22.0 Å². The maximum absolute atomic E-state index is 13.0. The SMILES string of the molecule is COc1ccccc1C(=O)NCC1(c2ccccc2)CCN(S(=O)(=O)NCCc2ccncc2)CC1. The van der Waals surface area contributed by atoms with Crippen LogP contribution < -0.4 is 14.8 Å². The van der Waals surface area contributed by atoms with Gasteiger partial charge < -0.3 is 10.1 Å². The summed E-state index contributed by atoms with van der Waals surface area (Å²) >= 11 is 0. The first-order chi connectivity index (χ1) is 17.4. The van der Waals surface area contributed by atoms with E-state index in [-0.39, 0.29) is 11.3 Å². The molecule has 2 aromatic carbocycles. The number of amides is 1. The van der Waals surface area contributed by atoms with E-state index in [2.05, 4.69) is 15.0 Å². The third-order valence-electron chi connectivity index (χ3n) is 6.79. The van der Waals surface area contributed by atoms with E-state index in [9.17, 15) is 13.2 Å². The summed E-state index contributed by atoms with van der Waals surface area (Å²) in [7, 11) is -2.06. The molecule has 1 aliphatic heterocycles. The highest BCUT2D eigenvalue weighted by atomic mass is 32.2. The van der Waals surface area contributed by atoms with Crippen molar-refractivity contribution in [2.75, 3.05) is 33.3 Å². The van der Waals surface area contributed by atoms with Crippen LogP contribution in [-0.4, -0.2) is 56.9 Å². The van der Waals surface area contributed by atoms with Crippen molar-refractivity contribution in [2.45, 2.75) is 24.7 Å². The van der Waals surface area contributed by atoms with Gasteiger partial charge in [-0.1, -0.05) is 42.5 Å². The van der Waals surface area contributed by atoms with Gasteiger partial charge in [-0.25, -0.2) is 4.72 Å². The van der Waals surface area contributed by atoms with Crippen LogP contribution >= 0.6 is 0 Å². The fourth-order valence-electron chi connectivity index (χ4n) is 4.66. The maximum atomic E-state index is 13.0. The Balaban J connectivity index is 1.42. The minimum atomic E-state index is -3.61. The number of piperidine rings is 1. The molecule has 2 N–H and O–H groups in total. The molecule has 190 valence electrons. The zero-order chi connectivity index (χ0) is 25.4. The van der Waals surface area contributed by atoms with E-state index in [4.69, 9.17) is 4.74 Å². The van der Waals surface area contributed by atoms with Gasteiger partial charge >= 0.3 is 0 Å². The van der Waals surface area contributed by atoms with Crippen LogP contribution in [0.3, 0.4) is 0 Å². The molecule has 8 nitrogen and oxygen atoms in total. The number of methoxy groups -OCH3 is 1. The van der Waals surface area contributed by atoms with Crippen molar-refractivity contribution in [1.82, 2.24) is 19.3 Å². The number of hydrogen-bond donors (Lipinski definition) is 2. The van der Waals surface area contributed by atoms with Gasteiger partial charge in [0.1, 0.15) is 5.75 Å². The standard InChI is InChI=1S/C27H32N4O4S/c1-35-25-10-6-5-9-24(25)26(32)29-21-27(23-7-3-2-4-8-23)14-19-31(20-15-27)36(33,34)30-18-13-22-11-16-28-17-12-22/h2-12,16-17,30H,13-15,18-21H2,1H3,(H,29,32). The lowest BCUT2D eigenvalue weighted by atomic mass is 9.73. The molecule has 9 heteroatoms. The first kappa shape index (κ1) is 25.8.